The number of nitrogens with one attached hydrogen (secondary N) is 2. The van der Waals surface area contributed by atoms with Crippen LogP contribution in [-0.2, 0) is 4.79 Å². The monoisotopic (exact) mass is 302 g/mol. The number of carbonyl (C=O) groups is 1. The second-order valence-electron chi connectivity index (χ2n) is 4.69. The van der Waals surface area contributed by atoms with Gasteiger partial charge in [-0.2, -0.15) is 0 Å². The minimum Gasteiger partial charge on any atom is -0.494 e. The van der Waals surface area contributed by atoms with Crippen LogP contribution in [0.15, 0.2) is 48.5 Å². The van der Waals surface area contributed by atoms with Crippen molar-refractivity contribution < 1.29 is 13.9 Å². The van der Waals surface area contributed by atoms with Gasteiger partial charge in [0.1, 0.15) is 11.6 Å². The topological polar surface area (TPSA) is 50.4 Å². The molecule has 0 bridgehead atoms. The van der Waals surface area contributed by atoms with Crippen LogP contribution in [0.1, 0.15) is 13.3 Å². The number of hydrogen-bond donors (Lipinski definition) is 2. The van der Waals surface area contributed by atoms with Gasteiger partial charge in [-0.05, 0) is 55.5 Å². The summed E-state index contributed by atoms with van der Waals surface area (Å²) in [5.74, 6) is 0.413. The van der Waals surface area contributed by atoms with Gasteiger partial charge in [-0.25, -0.2) is 4.39 Å². The van der Waals surface area contributed by atoms with Crippen molar-refractivity contribution in [2.24, 2.45) is 0 Å². The summed E-state index contributed by atoms with van der Waals surface area (Å²) in [7, 11) is 0. The molecule has 0 aliphatic rings. The smallest absolute Gasteiger partial charge is 0.226 e. The maximum absolute atomic E-state index is 12.8. The molecule has 0 saturated heterocycles. The molecule has 2 rings (SSSR count). The van der Waals surface area contributed by atoms with Crippen LogP contribution in [0.5, 0.6) is 5.75 Å². The van der Waals surface area contributed by atoms with Crippen LogP contribution in [0.4, 0.5) is 15.8 Å². The first kappa shape index (κ1) is 15.8. The molecule has 2 aromatic carbocycles. The minimum absolute atomic E-state index is 0.0845. The highest BCUT2D eigenvalue weighted by Crippen LogP contribution is 2.15. The molecule has 0 aliphatic heterocycles. The first-order valence-electron chi connectivity index (χ1n) is 7.19. The fourth-order valence-electron chi connectivity index (χ4n) is 1.91. The first-order chi connectivity index (χ1) is 10.7. The predicted molar refractivity (Wildman–Crippen MR) is 85.7 cm³/mol. The van der Waals surface area contributed by atoms with E-state index in [2.05, 4.69) is 10.6 Å². The molecule has 5 heteroatoms. The molecular weight excluding hydrogens is 283 g/mol. The van der Waals surface area contributed by atoms with Crippen LogP contribution in [0.3, 0.4) is 0 Å². The third-order valence-corrected chi connectivity index (χ3v) is 2.97. The van der Waals surface area contributed by atoms with Crippen LogP contribution >= 0.6 is 0 Å². The summed E-state index contributed by atoms with van der Waals surface area (Å²) >= 11 is 0. The van der Waals surface area contributed by atoms with E-state index in [0.29, 0.717) is 19.6 Å². The van der Waals surface area contributed by atoms with E-state index >= 15 is 0 Å². The highest BCUT2D eigenvalue weighted by atomic mass is 19.1. The van der Waals surface area contributed by atoms with E-state index in [1.54, 1.807) is 24.3 Å². The van der Waals surface area contributed by atoms with E-state index in [4.69, 9.17) is 4.74 Å². The number of hydrogen-bond acceptors (Lipinski definition) is 3. The molecule has 0 aliphatic carbocycles. The van der Waals surface area contributed by atoms with Crippen molar-refractivity contribution in [2.75, 3.05) is 23.8 Å². The van der Waals surface area contributed by atoms with Gasteiger partial charge in [-0.3, -0.25) is 4.79 Å². The average molecular weight is 302 g/mol. The van der Waals surface area contributed by atoms with Gasteiger partial charge in [-0.1, -0.05) is 0 Å². The Morgan fingerprint density at radius 2 is 1.68 bits per heavy atom. The molecule has 0 spiro atoms. The summed E-state index contributed by atoms with van der Waals surface area (Å²) < 4.78 is 18.1. The zero-order valence-electron chi connectivity index (χ0n) is 12.4. The maximum atomic E-state index is 12.8. The number of amides is 1. The van der Waals surface area contributed by atoms with Gasteiger partial charge in [0, 0.05) is 24.3 Å². The van der Waals surface area contributed by atoms with Gasteiger partial charge >= 0.3 is 0 Å². The van der Waals surface area contributed by atoms with E-state index in [1.807, 2.05) is 19.1 Å². The van der Waals surface area contributed by atoms with Crippen LogP contribution in [-0.4, -0.2) is 19.1 Å². The summed E-state index contributed by atoms with van der Waals surface area (Å²) in [6.45, 7) is 3.01. The molecule has 116 valence electrons. The number of ether oxygens (including phenoxy) is 1. The third kappa shape index (κ3) is 5.09. The van der Waals surface area contributed by atoms with Crippen LogP contribution < -0.4 is 15.4 Å². The van der Waals surface area contributed by atoms with Gasteiger partial charge in [0.15, 0.2) is 0 Å². The van der Waals surface area contributed by atoms with Crippen LogP contribution in [0.25, 0.3) is 0 Å². The molecule has 4 nitrogen and oxygen atoms in total. The van der Waals surface area contributed by atoms with Gasteiger partial charge in [0.2, 0.25) is 5.91 Å². The number of anilines is 2. The fourth-order valence-corrected chi connectivity index (χ4v) is 1.91. The molecule has 22 heavy (non-hydrogen) atoms. The van der Waals surface area contributed by atoms with E-state index in [1.165, 1.54) is 12.1 Å². The lowest BCUT2D eigenvalue weighted by molar-refractivity contribution is -0.115. The van der Waals surface area contributed by atoms with E-state index in [-0.39, 0.29) is 11.7 Å². The van der Waals surface area contributed by atoms with Gasteiger partial charge in [0.05, 0.1) is 6.61 Å². The van der Waals surface area contributed by atoms with Gasteiger partial charge in [-0.15, -0.1) is 0 Å². The van der Waals surface area contributed by atoms with Crippen molar-refractivity contribution in [3.05, 3.63) is 54.3 Å². The lowest BCUT2D eigenvalue weighted by Gasteiger charge is -2.08. The zero-order chi connectivity index (χ0) is 15.8. The quantitative estimate of drug-likeness (QED) is 0.820. The Labute approximate surface area is 129 Å². The summed E-state index contributed by atoms with van der Waals surface area (Å²) in [6, 6.07) is 13.3. The summed E-state index contributed by atoms with van der Waals surface area (Å²) in [4.78, 5) is 11.8. The first-order valence-corrected chi connectivity index (χ1v) is 7.19. The summed E-state index contributed by atoms with van der Waals surface area (Å²) in [6.07, 6.45) is 0.324. The van der Waals surface area contributed by atoms with Gasteiger partial charge < -0.3 is 15.4 Å². The highest BCUT2D eigenvalue weighted by Gasteiger charge is 2.03. The molecule has 0 fully saturated rings. The Balaban J connectivity index is 1.74. The molecule has 0 atom stereocenters. The second-order valence-corrected chi connectivity index (χ2v) is 4.69. The van der Waals surface area contributed by atoms with Gasteiger partial charge in [0.25, 0.3) is 0 Å². The summed E-state index contributed by atoms with van der Waals surface area (Å²) in [5.41, 5.74) is 1.52. The molecule has 1 amide bonds. The SMILES string of the molecule is CCOc1ccc(NC(=O)CCNc2ccc(F)cc2)cc1. The largest absolute Gasteiger partial charge is 0.494 e. The Bertz CT molecular complexity index is 597. The number of benzene rings is 2. The Morgan fingerprint density at radius 3 is 2.32 bits per heavy atom. The van der Waals surface area contributed by atoms with Crippen molar-refractivity contribution >= 4 is 17.3 Å². The molecular formula is C17H19FN2O2. The molecule has 0 aromatic heterocycles. The predicted octanol–water partition coefficient (Wildman–Crippen LogP) is 3.67. The number of halogens is 1. The van der Waals surface area contributed by atoms with Crippen LogP contribution in [0, 0.1) is 5.82 Å². The number of rotatable bonds is 7. The fraction of sp³-hybridized carbons (Fsp3) is 0.235. The second kappa shape index (κ2) is 8.02. The van der Waals surface area contributed by atoms with Crippen molar-refractivity contribution in [3.63, 3.8) is 0 Å². The van der Waals surface area contributed by atoms with Crippen molar-refractivity contribution in [2.45, 2.75) is 13.3 Å². The van der Waals surface area contributed by atoms with Crippen molar-refractivity contribution in [3.8, 4) is 5.75 Å². The standard InChI is InChI=1S/C17H19FN2O2/c1-2-22-16-9-7-15(8-10-16)20-17(21)11-12-19-14-5-3-13(18)4-6-14/h3-10,19H,2,11-12H2,1H3,(H,20,21). The highest BCUT2D eigenvalue weighted by molar-refractivity contribution is 5.91. The normalized spacial score (nSPS) is 10.1. The Morgan fingerprint density at radius 1 is 1.05 bits per heavy atom. The van der Waals surface area contributed by atoms with Crippen LogP contribution in [0.2, 0.25) is 0 Å². The van der Waals surface area contributed by atoms with E-state index in [0.717, 1.165) is 17.1 Å². The minimum atomic E-state index is -0.279. The van der Waals surface area contributed by atoms with E-state index in [9.17, 15) is 9.18 Å². The third-order valence-electron chi connectivity index (χ3n) is 2.97. The van der Waals surface area contributed by atoms with Crippen molar-refractivity contribution in [1.29, 1.82) is 0 Å². The van der Waals surface area contributed by atoms with E-state index < -0.39 is 0 Å². The molecule has 0 saturated carbocycles. The zero-order valence-corrected chi connectivity index (χ0v) is 12.4. The van der Waals surface area contributed by atoms with Crippen molar-refractivity contribution in [1.82, 2.24) is 0 Å². The lowest BCUT2D eigenvalue weighted by atomic mass is 10.2. The Hall–Kier alpha value is -2.56. The maximum Gasteiger partial charge on any atom is 0.226 e. The molecule has 2 aromatic rings. The molecule has 0 radical (unpaired) electrons. The molecule has 0 heterocycles. The number of carbonyl (C=O) groups excluding carboxylic acids is 1. The lowest BCUT2D eigenvalue weighted by Crippen LogP contribution is -2.16. The molecule has 0 unspecified atom stereocenters. The summed E-state index contributed by atoms with van der Waals surface area (Å²) in [5, 5.41) is 5.88. The average Bonchev–Trinajstić information content (AvgIpc) is 2.51. The Kier molecular flexibility index (Phi) is 5.77. The molecule has 2 N–H and O–H groups in total.